The van der Waals surface area contributed by atoms with Crippen molar-refractivity contribution in [3.63, 3.8) is 0 Å². The molecule has 2 rings (SSSR count). The average molecular weight is 309 g/mol. The minimum absolute atomic E-state index is 0.203. The maximum atomic E-state index is 11.7. The number of aromatic nitrogens is 2. The van der Waals surface area contributed by atoms with Gasteiger partial charge in [0.2, 0.25) is 0 Å². The summed E-state index contributed by atoms with van der Waals surface area (Å²) in [4.78, 5) is 20.2. The fourth-order valence-corrected chi connectivity index (χ4v) is 3.89. The third-order valence-corrected chi connectivity index (χ3v) is 5.04. The highest BCUT2D eigenvalue weighted by atomic mass is 32.2. The normalized spacial score (nSPS) is 22.0. The predicted molar refractivity (Wildman–Crippen MR) is 84.3 cm³/mol. The van der Waals surface area contributed by atoms with Gasteiger partial charge in [-0.2, -0.15) is 0 Å². The average Bonchev–Trinajstić information content (AvgIpc) is 2.47. The van der Waals surface area contributed by atoms with Crippen LogP contribution in [0.3, 0.4) is 0 Å². The summed E-state index contributed by atoms with van der Waals surface area (Å²) in [5, 5.41) is 1.21. The van der Waals surface area contributed by atoms with E-state index in [1.165, 1.54) is 38.3 Å². The number of hydrogen-bond acceptors (Lipinski definition) is 6. The molecule has 0 aromatic carbocycles. The zero-order valence-electron chi connectivity index (χ0n) is 12.7. The highest BCUT2D eigenvalue weighted by molar-refractivity contribution is 7.99. The number of carbonyl (C=O) groups excluding carboxylic acids is 1. The summed E-state index contributed by atoms with van der Waals surface area (Å²) in [6, 6.07) is 0. The number of ether oxygens (including phenoxy) is 1. The smallest absolute Gasteiger partial charge is 0.343 e. The number of nitrogens with zero attached hydrogens (tertiary/aromatic N) is 2. The number of nitrogens with two attached hydrogens (primary N) is 1. The molecule has 21 heavy (non-hydrogen) atoms. The Labute approximate surface area is 130 Å². The van der Waals surface area contributed by atoms with Crippen LogP contribution >= 0.6 is 11.8 Å². The number of anilines is 1. The number of nitrogen functional groups attached to an aromatic ring is 1. The molecule has 0 saturated heterocycles. The number of hydrogen-bond donors (Lipinski definition) is 1. The van der Waals surface area contributed by atoms with E-state index < -0.39 is 5.97 Å². The summed E-state index contributed by atoms with van der Waals surface area (Å²) in [7, 11) is 0. The lowest BCUT2D eigenvalue weighted by atomic mass is 9.87. The SMILES string of the molecule is CCOC(=O)c1cnc(SC2CCCC(CC)C2)nc1N. The van der Waals surface area contributed by atoms with E-state index in [1.54, 1.807) is 18.7 Å². The molecule has 1 saturated carbocycles. The Kier molecular flexibility index (Phi) is 5.85. The van der Waals surface area contributed by atoms with Crippen molar-refractivity contribution in [1.29, 1.82) is 0 Å². The Morgan fingerprint density at radius 2 is 2.29 bits per heavy atom. The first-order chi connectivity index (χ1) is 10.1. The van der Waals surface area contributed by atoms with E-state index in [9.17, 15) is 4.79 Å². The number of esters is 1. The van der Waals surface area contributed by atoms with Crippen molar-refractivity contribution in [2.45, 2.75) is 56.4 Å². The maximum absolute atomic E-state index is 11.7. The molecule has 0 aliphatic heterocycles. The molecule has 0 radical (unpaired) electrons. The van der Waals surface area contributed by atoms with Crippen molar-refractivity contribution in [2.24, 2.45) is 5.92 Å². The molecule has 6 heteroatoms. The van der Waals surface area contributed by atoms with E-state index in [4.69, 9.17) is 10.5 Å². The summed E-state index contributed by atoms with van der Waals surface area (Å²) in [6.45, 7) is 4.32. The third-order valence-electron chi connectivity index (χ3n) is 3.88. The first kappa shape index (κ1) is 16.1. The van der Waals surface area contributed by atoms with Crippen LogP contribution in [0.15, 0.2) is 11.4 Å². The van der Waals surface area contributed by atoms with E-state index in [1.807, 2.05) is 0 Å². The van der Waals surface area contributed by atoms with Crippen molar-refractivity contribution in [3.8, 4) is 0 Å². The predicted octanol–water partition coefficient (Wildman–Crippen LogP) is 3.30. The molecule has 5 nitrogen and oxygen atoms in total. The molecule has 1 fully saturated rings. The van der Waals surface area contributed by atoms with E-state index in [2.05, 4.69) is 16.9 Å². The summed E-state index contributed by atoms with van der Waals surface area (Å²) < 4.78 is 4.92. The molecule has 1 aromatic rings. The van der Waals surface area contributed by atoms with Gasteiger partial charge >= 0.3 is 5.97 Å². The van der Waals surface area contributed by atoms with E-state index in [0.29, 0.717) is 17.0 Å². The van der Waals surface area contributed by atoms with Gasteiger partial charge in [-0.05, 0) is 25.7 Å². The van der Waals surface area contributed by atoms with Crippen LogP contribution in [0.4, 0.5) is 5.82 Å². The molecule has 1 heterocycles. The summed E-state index contributed by atoms with van der Waals surface area (Å²) in [5.41, 5.74) is 6.09. The van der Waals surface area contributed by atoms with Crippen LogP contribution in [0.1, 0.15) is 56.3 Å². The third kappa shape index (κ3) is 4.33. The second-order valence-electron chi connectivity index (χ2n) is 5.35. The quantitative estimate of drug-likeness (QED) is 0.664. The molecular weight excluding hydrogens is 286 g/mol. The minimum atomic E-state index is -0.463. The van der Waals surface area contributed by atoms with Crippen LogP contribution in [0.5, 0.6) is 0 Å². The lowest BCUT2D eigenvalue weighted by molar-refractivity contribution is 0.0526. The number of carbonyl (C=O) groups is 1. The van der Waals surface area contributed by atoms with Crippen LogP contribution < -0.4 is 5.73 Å². The largest absolute Gasteiger partial charge is 0.462 e. The number of thioether (sulfide) groups is 1. The highest BCUT2D eigenvalue weighted by Crippen LogP contribution is 2.36. The molecule has 0 spiro atoms. The van der Waals surface area contributed by atoms with Gasteiger partial charge in [0.25, 0.3) is 0 Å². The van der Waals surface area contributed by atoms with Gasteiger partial charge in [0.15, 0.2) is 5.16 Å². The first-order valence-electron chi connectivity index (χ1n) is 7.60. The Balaban J connectivity index is 2.01. The van der Waals surface area contributed by atoms with Crippen LogP contribution in [0, 0.1) is 5.92 Å². The number of rotatable bonds is 5. The molecule has 2 unspecified atom stereocenters. The van der Waals surface area contributed by atoms with Crippen molar-refractivity contribution in [2.75, 3.05) is 12.3 Å². The van der Waals surface area contributed by atoms with Crippen LogP contribution in [-0.4, -0.2) is 27.8 Å². The van der Waals surface area contributed by atoms with Crippen molar-refractivity contribution in [1.82, 2.24) is 9.97 Å². The second kappa shape index (κ2) is 7.64. The van der Waals surface area contributed by atoms with Crippen LogP contribution in [-0.2, 0) is 4.74 Å². The van der Waals surface area contributed by atoms with Gasteiger partial charge in [-0.25, -0.2) is 14.8 Å². The lowest BCUT2D eigenvalue weighted by Gasteiger charge is -2.27. The van der Waals surface area contributed by atoms with Crippen LogP contribution in [0.2, 0.25) is 0 Å². The lowest BCUT2D eigenvalue weighted by Crippen LogP contribution is -2.17. The minimum Gasteiger partial charge on any atom is -0.462 e. The zero-order chi connectivity index (χ0) is 15.2. The van der Waals surface area contributed by atoms with Gasteiger partial charge in [-0.3, -0.25) is 0 Å². The van der Waals surface area contributed by atoms with Gasteiger partial charge in [0.1, 0.15) is 11.4 Å². The summed E-state index contributed by atoms with van der Waals surface area (Å²) in [6.07, 6.45) is 7.73. The maximum Gasteiger partial charge on any atom is 0.343 e. The molecule has 2 N–H and O–H groups in total. The van der Waals surface area contributed by atoms with E-state index in [-0.39, 0.29) is 11.4 Å². The highest BCUT2D eigenvalue weighted by Gasteiger charge is 2.23. The van der Waals surface area contributed by atoms with Gasteiger partial charge in [-0.15, -0.1) is 0 Å². The standard InChI is InChI=1S/C15H23N3O2S/c1-3-10-6-5-7-11(8-10)21-15-17-9-12(13(16)18-15)14(19)20-4-2/h9-11H,3-8H2,1-2H3,(H2,16,17,18). The van der Waals surface area contributed by atoms with Gasteiger partial charge in [-0.1, -0.05) is 37.9 Å². The fourth-order valence-electron chi connectivity index (χ4n) is 2.67. The van der Waals surface area contributed by atoms with Crippen molar-refractivity contribution in [3.05, 3.63) is 11.8 Å². The molecule has 1 aliphatic rings. The van der Waals surface area contributed by atoms with Gasteiger partial charge < -0.3 is 10.5 Å². The molecule has 2 atom stereocenters. The molecule has 0 bridgehead atoms. The summed E-state index contributed by atoms with van der Waals surface area (Å²) >= 11 is 1.68. The molecule has 1 aromatic heterocycles. The van der Waals surface area contributed by atoms with E-state index in [0.717, 1.165) is 5.92 Å². The molecule has 1 aliphatic carbocycles. The van der Waals surface area contributed by atoms with Gasteiger partial charge in [0, 0.05) is 11.4 Å². The first-order valence-corrected chi connectivity index (χ1v) is 8.48. The fraction of sp³-hybridized carbons (Fsp3) is 0.667. The Bertz CT molecular complexity index is 496. The monoisotopic (exact) mass is 309 g/mol. The topological polar surface area (TPSA) is 78.1 Å². The Morgan fingerprint density at radius 3 is 2.95 bits per heavy atom. The zero-order valence-corrected chi connectivity index (χ0v) is 13.5. The van der Waals surface area contributed by atoms with Crippen LogP contribution in [0.25, 0.3) is 0 Å². The van der Waals surface area contributed by atoms with Crippen molar-refractivity contribution >= 4 is 23.5 Å². The molecule has 116 valence electrons. The Hall–Kier alpha value is -1.30. The molecule has 0 amide bonds. The summed E-state index contributed by atoms with van der Waals surface area (Å²) in [5.74, 6) is 0.552. The Morgan fingerprint density at radius 1 is 1.48 bits per heavy atom. The van der Waals surface area contributed by atoms with Gasteiger partial charge in [0.05, 0.1) is 6.61 Å². The van der Waals surface area contributed by atoms with E-state index >= 15 is 0 Å². The second-order valence-corrected chi connectivity index (χ2v) is 6.62. The van der Waals surface area contributed by atoms with Crippen molar-refractivity contribution < 1.29 is 9.53 Å². The molecular formula is C15H23N3O2S.